The number of carbonyl (C=O) groups excluding carboxylic acids is 1. The molecule has 8 heteroatoms. The lowest BCUT2D eigenvalue weighted by Gasteiger charge is -2.17. The molecule has 0 radical (unpaired) electrons. The normalized spacial score (nSPS) is 16.7. The molecule has 4 aromatic rings. The number of aryl methyl sites for hydroxylation is 3. The average molecular weight is 402 g/mol. The first-order chi connectivity index (χ1) is 14.5. The fraction of sp³-hybridized carbons (Fsp3) is 0.318. The molecule has 0 aliphatic carbocycles. The number of anilines is 1. The third-order valence-electron chi connectivity index (χ3n) is 5.79. The molecule has 8 nitrogen and oxygen atoms in total. The molecule has 2 aromatic heterocycles. The number of aromatic nitrogens is 5. The van der Waals surface area contributed by atoms with Gasteiger partial charge in [0, 0.05) is 30.8 Å². The van der Waals surface area contributed by atoms with Crippen molar-refractivity contribution in [2.45, 2.75) is 39.7 Å². The molecule has 1 saturated heterocycles. The van der Waals surface area contributed by atoms with E-state index in [9.17, 15) is 4.79 Å². The van der Waals surface area contributed by atoms with E-state index in [1.165, 1.54) is 11.1 Å². The quantitative estimate of drug-likeness (QED) is 0.518. The molecule has 5 rings (SSSR count). The monoisotopic (exact) mass is 402 g/mol. The first-order valence-corrected chi connectivity index (χ1v) is 10.1. The number of amides is 1. The summed E-state index contributed by atoms with van der Waals surface area (Å²) in [6, 6.07) is 11.9. The van der Waals surface area contributed by atoms with E-state index >= 15 is 0 Å². The van der Waals surface area contributed by atoms with Gasteiger partial charge in [-0.1, -0.05) is 16.4 Å². The molecule has 1 unspecified atom stereocenters. The Balaban J connectivity index is 1.39. The Morgan fingerprint density at radius 3 is 2.80 bits per heavy atom. The summed E-state index contributed by atoms with van der Waals surface area (Å²) in [6.45, 7) is 7.43. The molecule has 3 heterocycles. The number of hydrogen-bond acceptors (Lipinski definition) is 6. The fourth-order valence-electron chi connectivity index (χ4n) is 3.88. The highest BCUT2D eigenvalue weighted by Crippen LogP contribution is 2.33. The van der Waals surface area contributed by atoms with Gasteiger partial charge in [0.05, 0.1) is 11.4 Å². The second-order valence-corrected chi connectivity index (χ2v) is 7.74. The van der Waals surface area contributed by atoms with Gasteiger partial charge in [-0.05, 0) is 62.2 Å². The Hall–Kier alpha value is -3.55. The maximum atomic E-state index is 12.6. The molecule has 0 N–H and O–H groups in total. The predicted octanol–water partition coefficient (Wildman–Crippen LogP) is 3.64. The van der Waals surface area contributed by atoms with Crippen molar-refractivity contribution in [3.05, 3.63) is 53.4 Å². The van der Waals surface area contributed by atoms with Crippen LogP contribution in [0, 0.1) is 13.8 Å². The van der Waals surface area contributed by atoms with Crippen LogP contribution < -0.4 is 4.90 Å². The number of benzene rings is 2. The maximum absolute atomic E-state index is 12.6. The number of hydrogen-bond donors (Lipinski definition) is 0. The largest absolute Gasteiger partial charge is 0.339 e. The number of rotatable bonds is 4. The minimum Gasteiger partial charge on any atom is -0.339 e. The lowest BCUT2D eigenvalue weighted by molar-refractivity contribution is -0.117. The Morgan fingerprint density at radius 1 is 1.13 bits per heavy atom. The molecule has 0 bridgehead atoms. The fourth-order valence-corrected chi connectivity index (χ4v) is 3.88. The van der Waals surface area contributed by atoms with Crippen molar-refractivity contribution in [3.63, 3.8) is 0 Å². The van der Waals surface area contributed by atoms with Gasteiger partial charge >= 0.3 is 0 Å². The van der Waals surface area contributed by atoms with Crippen molar-refractivity contribution in [2.75, 3.05) is 11.4 Å². The SMILES string of the molecule is CCn1nnc2cc(-c3noc(C4CC(=O)N(c5ccc(C)c(C)c5)C4)n3)ccc21. The zero-order valence-electron chi connectivity index (χ0n) is 17.2. The van der Waals surface area contributed by atoms with E-state index in [-0.39, 0.29) is 11.8 Å². The minimum atomic E-state index is -0.120. The third-order valence-corrected chi connectivity index (χ3v) is 5.79. The number of nitrogens with zero attached hydrogens (tertiary/aromatic N) is 6. The highest BCUT2D eigenvalue weighted by atomic mass is 16.5. The highest BCUT2D eigenvalue weighted by Gasteiger charge is 2.35. The van der Waals surface area contributed by atoms with Gasteiger partial charge in [-0.3, -0.25) is 4.79 Å². The van der Waals surface area contributed by atoms with Crippen LogP contribution in [0.15, 0.2) is 40.9 Å². The highest BCUT2D eigenvalue weighted by molar-refractivity contribution is 5.96. The predicted molar refractivity (Wildman–Crippen MR) is 112 cm³/mol. The van der Waals surface area contributed by atoms with E-state index in [1.807, 2.05) is 48.0 Å². The summed E-state index contributed by atoms with van der Waals surface area (Å²) < 4.78 is 7.38. The molecular weight excluding hydrogens is 380 g/mol. The van der Waals surface area contributed by atoms with Crippen molar-refractivity contribution in [3.8, 4) is 11.4 Å². The van der Waals surface area contributed by atoms with E-state index in [2.05, 4.69) is 34.3 Å². The summed E-state index contributed by atoms with van der Waals surface area (Å²) in [5.41, 5.74) is 5.86. The van der Waals surface area contributed by atoms with Gasteiger partial charge < -0.3 is 9.42 Å². The molecule has 152 valence electrons. The Labute approximate surface area is 173 Å². The van der Waals surface area contributed by atoms with Crippen LogP contribution in [0.5, 0.6) is 0 Å². The summed E-state index contributed by atoms with van der Waals surface area (Å²) in [4.78, 5) is 19.0. The zero-order valence-corrected chi connectivity index (χ0v) is 17.2. The standard InChI is InChI=1S/C22H22N6O2/c1-4-28-19-8-6-15(10-18(19)24-26-28)21-23-22(30-25-21)16-11-20(29)27(12-16)17-7-5-13(2)14(3)9-17/h5-10,16H,4,11-12H2,1-3H3. The molecule has 1 atom stereocenters. The summed E-state index contributed by atoms with van der Waals surface area (Å²) in [7, 11) is 0. The van der Waals surface area contributed by atoms with E-state index < -0.39 is 0 Å². The topological polar surface area (TPSA) is 89.9 Å². The molecule has 1 aliphatic rings. The molecule has 30 heavy (non-hydrogen) atoms. The van der Waals surface area contributed by atoms with Crippen LogP contribution in [0.2, 0.25) is 0 Å². The van der Waals surface area contributed by atoms with Gasteiger partial charge in [0.1, 0.15) is 5.52 Å². The van der Waals surface area contributed by atoms with Crippen molar-refractivity contribution >= 4 is 22.6 Å². The van der Waals surface area contributed by atoms with Crippen LogP contribution in [0.3, 0.4) is 0 Å². The average Bonchev–Trinajstić information content (AvgIpc) is 3.47. The molecule has 1 aliphatic heterocycles. The van der Waals surface area contributed by atoms with Crippen molar-refractivity contribution in [1.82, 2.24) is 25.1 Å². The van der Waals surface area contributed by atoms with Gasteiger partial charge in [-0.15, -0.1) is 5.10 Å². The summed E-state index contributed by atoms with van der Waals surface area (Å²) >= 11 is 0. The Bertz CT molecular complexity index is 1260. The second kappa shape index (κ2) is 7.05. The van der Waals surface area contributed by atoms with Gasteiger partial charge in [-0.2, -0.15) is 4.98 Å². The maximum Gasteiger partial charge on any atom is 0.232 e. The van der Waals surface area contributed by atoms with Crippen LogP contribution in [-0.2, 0) is 11.3 Å². The van der Waals surface area contributed by atoms with Gasteiger partial charge in [0.15, 0.2) is 0 Å². The molecule has 0 spiro atoms. The number of carbonyl (C=O) groups is 1. The lowest BCUT2D eigenvalue weighted by Crippen LogP contribution is -2.24. The van der Waals surface area contributed by atoms with Crippen LogP contribution in [0.4, 0.5) is 5.69 Å². The van der Waals surface area contributed by atoms with Crippen molar-refractivity contribution in [2.24, 2.45) is 0 Å². The smallest absolute Gasteiger partial charge is 0.232 e. The first-order valence-electron chi connectivity index (χ1n) is 10.1. The molecular formula is C22H22N6O2. The van der Waals surface area contributed by atoms with Crippen LogP contribution in [0.1, 0.15) is 36.3 Å². The lowest BCUT2D eigenvalue weighted by atomic mass is 10.1. The minimum absolute atomic E-state index is 0.0700. The van der Waals surface area contributed by atoms with Crippen molar-refractivity contribution in [1.29, 1.82) is 0 Å². The van der Waals surface area contributed by atoms with E-state index in [0.29, 0.717) is 24.7 Å². The van der Waals surface area contributed by atoms with E-state index in [1.54, 1.807) is 4.90 Å². The van der Waals surface area contributed by atoms with Crippen LogP contribution >= 0.6 is 0 Å². The van der Waals surface area contributed by atoms with E-state index in [4.69, 9.17) is 4.52 Å². The summed E-state index contributed by atoms with van der Waals surface area (Å²) in [5, 5.41) is 12.5. The molecule has 0 saturated carbocycles. The summed E-state index contributed by atoms with van der Waals surface area (Å²) in [6.07, 6.45) is 0.360. The molecule has 2 aromatic carbocycles. The van der Waals surface area contributed by atoms with Gasteiger partial charge in [-0.25, -0.2) is 4.68 Å². The molecule has 1 fully saturated rings. The zero-order chi connectivity index (χ0) is 20.8. The number of fused-ring (bicyclic) bond motifs is 1. The van der Waals surface area contributed by atoms with Crippen molar-refractivity contribution < 1.29 is 9.32 Å². The van der Waals surface area contributed by atoms with Crippen LogP contribution in [0.25, 0.3) is 22.4 Å². The Morgan fingerprint density at radius 2 is 2.00 bits per heavy atom. The Kier molecular flexibility index (Phi) is 4.34. The second-order valence-electron chi connectivity index (χ2n) is 7.74. The van der Waals surface area contributed by atoms with Gasteiger partial charge in [0.25, 0.3) is 0 Å². The summed E-state index contributed by atoms with van der Waals surface area (Å²) in [5.74, 6) is 0.933. The first kappa shape index (κ1) is 18.5. The van der Waals surface area contributed by atoms with E-state index in [0.717, 1.165) is 28.8 Å². The van der Waals surface area contributed by atoms with Gasteiger partial charge in [0.2, 0.25) is 17.6 Å². The van der Waals surface area contributed by atoms with Crippen LogP contribution in [-0.4, -0.2) is 37.6 Å². The molecule has 1 amide bonds. The third kappa shape index (κ3) is 3.04.